The Kier molecular flexibility index (Phi) is 6.54. The molecule has 18 heavy (non-hydrogen) atoms. The van der Waals surface area contributed by atoms with E-state index in [-0.39, 0.29) is 17.6 Å². The Labute approximate surface area is 113 Å². The van der Waals surface area contributed by atoms with Gasteiger partial charge < -0.3 is 9.64 Å². The van der Waals surface area contributed by atoms with E-state index >= 15 is 0 Å². The van der Waals surface area contributed by atoms with Crippen LogP contribution in [0, 0.1) is 0 Å². The molecule has 1 aliphatic rings. The van der Waals surface area contributed by atoms with Crippen LogP contribution in [0.1, 0.15) is 40.0 Å². The molecule has 4 nitrogen and oxygen atoms in total. The standard InChI is InChI=1S/C13H23NO3S/c1-4-17-13(16)9-18-8-12(15)14-10(2)6-5-7-11(14)3/h10-11H,4-9H2,1-3H3/t10-,11-/m1/s1. The van der Waals surface area contributed by atoms with Crippen molar-refractivity contribution in [3.63, 3.8) is 0 Å². The van der Waals surface area contributed by atoms with Crippen molar-refractivity contribution >= 4 is 23.6 Å². The lowest BCUT2D eigenvalue weighted by Gasteiger charge is -2.39. The highest BCUT2D eigenvalue weighted by Crippen LogP contribution is 2.23. The Morgan fingerprint density at radius 1 is 1.22 bits per heavy atom. The van der Waals surface area contributed by atoms with E-state index in [9.17, 15) is 9.59 Å². The van der Waals surface area contributed by atoms with Crippen molar-refractivity contribution in [3.05, 3.63) is 0 Å². The van der Waals surface area contributed by atoms with Crippen LogP contribution in [0.25, 0.3) is 0 Å². The van der Waals surface area contributed by atoms with Gasteiger partial charge in [-0.05, 0) is 40.0 Å². The van der Waals surface area contributed by atoms with Crippen molar-refractivity contribution in [2.75, 3.05) is 18.1 Å². The van der Waals surface area contributed by atoms with Gasteiger partial charge in [0.25, 0.3) is 0 Å². The molecule has 1 amide bonds. The zero-order chi connectivity index (χ0) is 13.5. The number of carbonyl (C=O) groups excluding carboxylic acids is 2. The van der Waals surface area contributed by atoms with Gasteiger partial charge in [-0.25, -0.2) is 0 Å². The largest absolute Gasteiger partial charge is 0.465 e. The zero-order valence-electron chi connectivity index (χ0n) is 11.5. The second-order valence-corrected chi connectivity index (χ2v) is 5.71. The van der Waals surface area contributed by atoms with Crippen LogP contribution in [-0.4, -0.2) is 47.0 Å². The molecule has 1 saturated heterocycles. The van der Waals surface area contributed by atoms with E-state index in [1.165, 1.54) is 18.2 Å². The molecule has 1 aliphatic heterocycles. The molecule has 0 spiro atoms. The minimum atomic E-state index is -0.241. The fraction of sp³-hybridized carbons (Fsp3) is 0.846. The first-order valence-electron chi connectivity index (χ1n) is 6.60. The zero-order valence-corrected chi connectivity index (χ0v) is 12.3. The predicted molar refractivity (Wildman–Crippen MR) is 73.6 cm³/mol. The van der Waals surface area contributed by atoms with E-state index in [1.54, 1.807) is 6.92 Å². The molecular formula is C13H23NO3S. The van der Waals surface area contributed by atoms with Crippen molar-refractivity contribution in [1.82, 2.24) is 4.90 Å². The number of piperidine rings is 1. The lowest BCUT2D eigenvalue weighted by molar-refractivity contribution is -0.139. The van der Waals surface area contributed by atoms with Crippen LogP contribution in [0.5, 0.6) is 0 Å². The Balaban J connectivity index is 2.33. The quantitative estimate of drug-likeness (QED) is 0.719. The summed E-state index contributed by atoms with van der Waals surface area (Å²) in [7, 11) is 0. The molecule has 0 aliphatic carbocycles. The van der Waals surface area contributed by atoms with Gasteiger partial charge >= 0.3 is 5.97 Å². The van der Waals surface area contributed by atoms with Gasteiger partial charge in [0.05, 0.1) is 18.1 Å². The average molecular weight is 273 g/mol. The number of likely N-dealkylation sites (tertiary alicyclic amines) is 1. The normalized spacial score (nSPS) is 23.8. The molecule has 1 fully saturated rings. The summed E-state index contributed by atoms with van der Waals surface area (Å²) in [6.07, 6.45) is 3.36. The maximum atomic E-state index is 12.1. The summed E-state index contributed by atoms with van der Waals surface area (Å²) in [5, 5.41) is 0. The molecule has 0 aromatic heterocycles. The molecule has 2 atom stereocenters. The molecule has 1 rings (SSSR count). The fourth-order valence-corrected chi connectivity index (χ4v) is 3.09. The van der Waals surface area contributed by atoms with Crippen LogP contribution in [-0.2, 0) is 14.3 Å². The Morgan fingerprint density at radius 3 is 2.39 bits per heavy atom. The third-order valence-electron chi connectivity index (χ3n) is 3.23. The molecule has 0 unspecified atom stereocenters. The summed E-state index contributed by atoms with van der Waals surface area (Å²) in [5.74, 6) is 0.531. The average Bonchev–Trinajstić information content (AvgIpc) is 2.29. The molecule has 0 saturated carbocycles. The number of rotatable bonds is 5. The van der Waals surface area contributed by atoms with Crippen molar-refractivity contribution in [3.8, 4) is 0 Å². The third-order valence-corrected chi connectivity index (χ3v) is 4.12. The maximum absolute atomic E-state index is 12.1. The molecule has 104 valence electrons. The fourth-order valence-electron chi connectivity index (χ4n) is 2.41. The summed E-state index contributed by atoms with van der Waals surface area (Å²) >= 11 is 1.34. The first-order chi connectivity index (χ1) is 8.56. The van der Waals surface area contributed by atoms with Crippen LogP contribution in [0.3, 0.4) is 0 Å². The number of amides is 1. The highest BCUT2D eigenvalue weighted by atomic mass is 32.2. The van der Waals surface area contributed by atoms with Gasteiger partial charge in [0, 0.05) is 12.1 Å². The van der Waals surface area contributed by atoms with E-state index in [4.69, 9.17) is 4.74 Å². The molecule has 1 heterocycles. The summed E-state index contributed by atoms with van der Waals surface area (Å²) in [4.78, 5) is 25.2. The lowest BCUT2D eigenvalue weighted by Crippen LogP contribution is -2.48. The Hall–Kier alpha value is -0.710. The van der Waals surface area contributed by atoms with Crippen molar-refractivity contribution in [2.45, 2.75) is 52.1 Å². The first-order valence-corrected chi connectivity index (χ1v) is 7.76. The van der Waals surface area contributed by atoms with E-state index in [0.29, 0.717) is 24.4 Å². The van der Waals surface area contributed by atoms with E-state index in [2.05, 4.69) is 13.8 Å². The number of carbonyl (C=O) groups is 2. The van der Waals surface area contributed by atoms with Crippen molar-refractivity contribution < 1.29 is 14.3 Å². The SMILES string of the molecule is CCOC(=O)CSCC(=O)N1[C@H](C)CCC[C@H]1C. The summed E-state index contributed by atoms with van der Waals surface area (Å²) in [6.45, 7) is 6.38. The second kappa shape index (κ2) is 7.67. The van der Waals surface area contributed by atoms with E-state index < -0.39 is 0 Å². The molecule has 0 aromatic rings. The Bertz CT molecular complexity index is 286. The third kappa shape index (κ3) is 4.52. The highest BCUT2D eigenvalue weighted by molar-refractivity contribution is 8.00. The van der Waals surface area contributed by atoms with Gasteiger partial charge in [0.15, 0.2) is 0 Å². The maximum Gasteiger partial charge on any atom is 0.315 e. The summed E-state index contributed by atoms with van der Waals surface area (Å²) in [6, 6.07) is 0.647. The minimum Gasteiger partial charge on any atom is -0.465 e. The summed E-state index contributed by atoms with van der Waals surface area (Å²) in [5.41, 5.74) is 0. The minimum absolute atomic E-state index is 0.143. The number of esters is 1. The number of thioether (sulfide) groups is 1. The smallest absolute Gasteiger partial charge is 0.315 e. The van der Waals surface area contributed by atoms with Gasteiger partial charge in [-0.1, -0.05) is 0 Å². The number of ether oxygens (including phenoxy) is 1. The van der Waals surface area contributed by atoms with Crippen LogP contribution >= 0.6 is 11.8 Å². The molecule has 0 radical (unpaired) electrons. The number of hydrogen-bond acceptors (Lipinski definition) is 4. The number of hydrogen-bond donors (Lipinski definition) is 0. The van der Waals surface area contributed by atoms with Crippen LogP contribution in [0.15, 0.2) is 0 Å². The van der Waals surface area contributed by atoms with Crippen LogP contribution in [0.4, 0.5) is 0 Å². The van der Waals surface area contributed by atoms with Gasteiger partial charge in [0.2, 0.25) is 5.91 Å². The summed E-state index contributed by atoms with van der Waals surface area (Å²) < 4.78 is 4.83. The topological polar surface area (TPSA) is 46.6 Å². The van der Waals surface area contributed by atoms with Crippen molar-refractivity contribution in [1.29, 1.82) is 0 Å². The van der Waals surface area contributed by atoms with Gasteiger partial charge in [-0.15, -0.1) is 11.8 Å². The van der Waals surface area contributed by atoms with Gasteiger partial charge in [0.1, 0.15) is 0 Å². The monoisotopic (exact) mass is 273 g/mol. The predicted octanol–water partition coefficient (Wildman–Crippen LogP) is 2.07. The molecule has 0 aromatic carbocycles. The van der Waals surface area contributed by atoms with Crippen LogP contribution < -0.4 is 0 Å². The molecule has 5 heteroatoms. The molecular weight excluding hydrogens is 250 g/mol. The van der Waals surface area contributed by atoms with E-state index in [0.717, 1.165) is 12.8 Å². The van der Waals surface area contributed by atoms with Gasteiger partial charge in [-0.3, -0.25) is 9.59 Å². The number of nitrogens with zero attached hydrogens (tertiary/aromatic N) is 1. The van der Waals surface area contributed by atoms with Gasteiger partial charge in [-0.2, -0.15) is 0 Å². The lowest BCUT2D eigenvalue weighted by atomic mass is 9.98. The second-order valence-electron chi connectivity index (χ2n) is 4.73. The molecule has 0 bridgehead atoms. The van der Waals surface area contributed by atoms with Crippen molar-refractivity contribution in [2.24, 2.45) is 0 Å². The highest BCUT2D eigenvalue weighted by Gasteiger charge is 2.28. The van der Waals surface area contributed by atoms with E-state index in [1.807, 2.05) is 4.90 Å². The molecule has 0 N–H and O–H groups in total. The van der Waals surface area contributed by atoms with Crippen LogP contribution in [0.2, 0.25) is 0 Å². The first kappa shape index (κ1) is 15.3. The Morgan fingerprint density at radius 2 is 1.83 bits per heavy atom.